The number of rotatable bonds is 4. The van der Waals surface area contributed by atoms with Crippen LogP contribution in [-0.4, -0.2) is 52.9 Å². The number of nitrogens with one attached hydrogen (secondary N) is 1. The normalized spacial score (nSPS) is 18.9. The van der Waals surface area contributed by atoms with Crippen LogP contribution < -0.4 is 5.32 Å². The predicted octanol–water partition coefficient (Wildman–Crippen LogP) is -0.763. The summed E-state index contributed by atoms with van der Waals surface area (Å²) < 4.78 is 0. The highest BCUT2D eigenvalue weighted by Gasteiger charge is 2.20. The predicted molar refractivity (Wildman–Crippen MR) is 47.8 cm³/mol. The molecule has 3 N–H and O–H groups in total. The summed E-state index contributed by atoms with van der Waals surface area (Å²) in [6, 6.07) is -0.186. The molecule has 0 aliphatic carbocycles. The van der Waals surface area contributed by atoms with Gasteiger partial charge in [-0.25, -0.2) is 9.59 Å². The Morgan fingerprint density at radius 2 is 2.36 bits per heavy atom. The molecule has 0 radical (unpaired) electrons. The Hall–Kier alpha value is -1.30. The number of amides is 2. The van der Waals surface area contributed by atoms with Crippen LogP contribution in [-0.2, 0) is 4.79 Å². The molecule has 14 heavy (non-hydrogen) atoms. The number of aliphatic hydroxyl groups is 1. The topological polar surface area (TPSA) is 89.9 Å². The van der Waals surface area contributed by atoms with Gasteiger partial charge in [0.1, 0.15) is 0 Å². The van der Waals surface area contributed by atoms with Gasteiger partial charge in [0.2, 0.25) is 0 Å². The van der Waals surface area contributed by atoms with Gasteiger partial charge >= 0.3 is 12.0 Å². The molecule has 1 heterocycles. The lowest BCUT2D eigenvalue weighted by Gasteiger charge is -2.27. The second-order valence-electron chi connectivity index (χ2n) is 3.22. The van der Waals surface area contributed by atoms with Gasteiger partial charge in [-0.1, -0.05) is 0 Å². The van der Waals surface area contributed by atoms with Crippen molar-refractivity contribution in [1.29, 1.82) is 0 Å². The van der Waals surface area contributed by atoms with Crippen molar-refractivity contribution in [2.45, 2.75) is 18.9 Å². The van der Waals surface area contributed by atoms with Gasteiger partial charge in [-0.05, 0) is 6.42 Å². The van der Waals surface area contributed by atoms with E-state index in [1.807, 2.05) is 0 Å². The molecule has 0 aromatic carbocycles. The fraction of sp³-hybridized carbons (Fsp3) is 0.750. The molecule has 1 fully saturated rings. The second kappa shape index (κ2) is 4.80. The first-order chi connectivity index (χ1) is 6.61. The highest BCUT2D eigenvalue weighted by molar-refractivity contribution is 5.75. The van der Waals surface area contributed by atoms with Gasteiger partial charge in [-0.3, -0.25) is 0 Å². The van der Waals surface area contributed by atoms with Crippen LogP contribution in [0.3, 0.4) is 0 Å². The molecule has 0 bridgehead atoms. The third kappa shape index (κ3) is 2.88. The summed E-state index contributed by atoms with van der Waals surface area (Å²) in [5.41, 5.74) is 0. The van der Waals surface area contributed by atoms with Crippen molar-refractivity contribution in [3.05, 3.63) is 0 Å². The number of hydrogen-bond acceptors (Lipinski definition) is 3. The number of carbonyl (C=O) groups is 2. The smallest absolute Gasteiger partial charge is 0.332 e. The number of carboxylic acids is 1. The summed E-state index contributed by atoms with van der Waals surface area (Å²) in [5, 5.41) is 20.0. The van der Waals surface area contributed by atoms with E-state index in [1.165, 1.54) is 4.90 Å². The zero-order valence-electron chi connectivity index (χ0n) is 7.77. The summed E-state index contributed by atoms with van der Waals surface area (Å²) in [6.07, 6.45) is -0.456. The quantitative estimate of drug-likeness (QED) is 0.558. The van der Waals surface area contributed by atoms with Crippen molar-refractivity contribution in [2.24, 2.45) is 0 Å². The number of aliphatic carboxylic acids is 1. The molecule has 0 aromatic heterocycles. The molecule has 1 unspecified atom stereocenters. The van der Waals surface area contributed by atoms with E-state index in [9.17, 15) is 9.59 Å². The molecule has 1 aliphatic heterocycles. The van der Waals surface area contributed by atoms with Crippen molar-refractivity contribution < 1.29 is 19.8 Å². The maximum absolute atomic E-state index is 11.2. The number of hydrogen-bond donors (Lipinski definition) is 3. The zero-order valence-corrected chi connectivity index (χ0v) is 7.77. The van der Waals surface area contributed by atoms with E-state index in [0.717, 1.165) is 6.42 Å². The van der Waals surface area contributed by atoms with Gasteiger partial charge in [0, 0.05) is 26.1 Å². The van der Waals surface area contributed by atoms with Crippen molar-refractivity contribution in [3.63, 3.8) is 0 Å². The minimum Gasteiger partial charge on any atom is -0.479 e. The minimum atomic E-state index is -1.38. The number of carboxylic acid groups (broad SMARTS) is 1. The molecular weight excluding hydrogens is 188 g/mol. The van der Waals surface area contributed by atoms with Crippen LogP contribution in [0.1, 0.15) is 12.8 Å². The molecule has 6 heteroatoms. The summed E-state index contributed by atoms with van der Waals surface area (Å²) in [5.74, 6) is -1.25. The van der Waals surface area contributed by atoms with E-state index in [0.29, 0.717) is 13.1 Å². The first-order valence-corrected chi connectivity index (χ1v) is 4.55. The third-order valence-electron chi connectivity index (χ3n) is 2.13. The maximum atomic E-state index is 11.2. The van der Waals surface area contributed by atoms with Crippen molar-refractivity contribution in [3.8, 4) is 0 Å². The van der Waals surface area contributed by atoms with Crippen LogP contribution in [0.4, 0.5) is 4.79 Å². The van der Waals surface area contributed by atoms with Crippen LogP contribution in [0, 0.1) is 0 Å². The molecule has 0 aromatic rings. The summed E-state index contributed by atoms with van der Waals surface area (Å²) in [6.45, 7) is 1.56. The fourth-order valence-corrected chi connectivity index (χ4v) is 1.29. The van der Waals surface area contributed by atoms with Crippen molar-refractivity contribution in [1.82, 2.24) is 10.2 Å². The standard InChI is InChI=1S/C8H14N2O4/c11-6(7(12)13)2-5-10-4-1-3-9-8(10)14/h6,11H,1-5H2,(H,9,14)(H,12,13). The van der Waals surface area contributed by atoms with Crippen LogP contribution in [0.5, 0.6) is 0 Å². The molecule has 1 rings (SSSR count). The molecule has 1 atom stereocenters. The second-order valence-corrected chi connectivity index (χ2v) is 3.22. The van der Waals surface area contributed by atoms with Gasteiger partial charge in [-0.15, -0.1) is 0 Å². The molecular formula is C8H14N2O4. The summed E-state index contributed by atoms with van der Waals surface area (Å²) >= 11 is 0. The zero-order chi connectivity index (χ0) is 10.6. The van der Waals surface area contributed by atoms with Gasteiger partial charge in [0.15, 0.2) is 6.10 Å². The van der Waals surface area contributed by atoms with Crippen LogP contribution >= 0.6 is 0 Å². The first-order valence-electron chi connectivity index (χ1n) is 4.55. The summed E-state index contributed by atoms with van der Waals surface area (Å²) in [4.78, 5) is 23.0. The van der Waals surface area contributed by atoms with Gasteiger partial charge in [0.05, 0.1) is 0 Å². The molecule has 80 valence electrons. The van der Waals surface area contributed by atoms with Crippen molar-refractivity contribution >= 4 is 12.0 Å². The third-order valence-corrected chi connectivity index (χ3v) is 2.13. The van der Waals surface area contributed by atoms with E-state index < -0.39 is 12.1 Å². The Morgan fingerprint density at radius 3 is 2.93 bits per heavy atom. The van der Waals surface area contributed by atoms with E-state index in [2.05, 4.69) is 5.32 Å². The largest absolute Gasteiger partial charge is 0.479 e. The molecule has 6 nitrogen and oxygen atoms in total. The summed E-state index contributed by atoms with van der Waals surface area (Å²) in [7, 11) is 0. The highest BCUT2D eigenvalue weighted by Crippen LogP contribution is 2.02. The van der Waals surface area contributed by atoms with E-state index in [1.54, 1.807) is 0 Å². The Bertz CT molecular complexity index is 231. The monoisotopic (exact) mass is 202 g/mol. The SMILES string of the molecule is O=C(O)C(O)CCN1CCCNC1=O. The van der Waals surface area contributed by atoms with Crippen LogP contribution in [0.2, 0.25) is 0 Å². The highest BCUT2D eigenvalue weighted by atomic mass is 16.4. The average molecular weight is 202 g/mol. The van der Waals surface area contributed by atoms with Gasteiger partial charge < -0.3 is 20.4 Å². The number of aliphatic hydroxyl groups excluding tert-OH is 1. The molecule has 0 spiro atoms. The molecule has 1 aliphatic rings. The lowest BCUT2D eigenvalue weighted by atomic mass is 10.2. The maximum Gasteiger partial charge on any atom is 0.332 e. The van der Waals surface area contributed by atoms with Crippen LogP contribution in [0.25, 0.3) is 0 Å². The lowest BCUT2D eigenvalue weighted by molar-refractivity contribution is -0.147. The molecule has 2 amide bonds. The number of urea groups is 1. The van der Waals surface area contributed by atoms with E-state index in [-0.39, 0.29) is 19.0 Å². The number of nitrogens with zero attached hydrogens (tertiary/aromatic N) is 1. The van der Waals surface area contributed by atoms with Crippen molar-refractivity contribution in [2.75, 3.05) is 19.6 Å². The first kappa shape index (κ1) is 10.8. The number of carbonyl (C=O) groups excluding carboxylic acids is 1. The van der Waals surface area contributed by atoms with E-state index in [4.69, 9.17) is 10.2 Å². The van der Waals surface area contributed by atoms with E-state index >= 15 is 0 Å². The Balaban J connectivity index is 2.29. The fourth-order valence-electron chi connectivity index (χ4n) is 1.29. The van der Waals surface area contributed by atoms with Crippen LogP contribution in [0.15, 0.2) is 0 Å². The lowest BCUT2D eigenvalue weighted by Crippen LogP contribution is -2.47. The minimum absolute atomic E-state index is 0.0722. The van der Waals surface area contributed by atoms with Gasteiger partial charge in [0.25, 0.3) is 0 Å². The molecule has 0 saturated carbocycles. The Kier molecular flexibility index (Phi) is 3.70. The molecule has 1 saturated heterocycles. The average Bonchev–Trinajstić information content (AvgIpc) is 2.16. The van der Waals surface area contributed by atoms with Gasteiger partial charge in [-0.2, -0.15) is 0 Å². The Morgan fingerprint density at radius 1 is 1.64 bits per heavy atom. The Labute approximate surface area is 81.5 Å².